The molecule has 0 radical (unpaired) electrons. The van der Waals surface area contributed by atoms with E-state index in [9.17, 15) is 4.79 Å². The Bertz CT molecular complexity index is 484. The first-order chi connectivity index (χ1) is 11.1. The van der Waals surface area contributed by atoms with E-state index in [4.69, 9.17) is 5.11 Å². The molecular weight excluding hydrogens is 292 g/mol. The van der Waals surface area contributed by atoms with E-state index in [-0.39, 0.29) is 6.42 Å². The lowest BCUT2D eigenvalue weighted by molar-refractivity contribution is -0.136. The van der Waals surface area contributed by atoms with Gasteiger partial charge in [0.1, 0.15) is 5.82 Å². The first-order valence-corrected chi connectivity index (χ1v) is 8.39. The van der Waals surface area contributed by atoms with Crippen LogP contribution >= 0.6 is 0 Å². The van der Waals surface area contributed by atoms with Gasteiger partial charge >= 0.3 is 5.97 Å². The maximum atomic E-state index is 10.9. The molecule has 2 heterocycles. The molecule has 1 aromatic heterocycles. The summed E-state index contributed by atoms with van der Waals surface area (Å²) in [7, 11) is 3.92. The number of piperidine rings is 1. The van der Waals surface area contributed by atoms with Crippen molar-refractivity contribution < 1.29 is 9.90 Å². The number of carboxylic acids is 1. The van der Waals surface area contributed by atoms with Gasteiger partial charge in [-0.2, -0.15) is 0 Å². The Labute approximate surface area is 138 Å². The number of hydrogen-bond donors (Lipinski definition) is 1. The van der Waals surface area contributed by atoms with Crippen molar-refractivity contribution >= 4 is 17.5 Å². The molecule has 2 rings (SSSR count). The summed E-state index contributed by atoms with van der Waals surface area (Å²) in [4.78, 5) is 21.9. The van der Waals surface area contributed by atoms with E-state index in [0.717, 1.165) is 37.7 Å². The van der Waals surface area contributed by atoms with Crippen molar-refractivity contribution in [1.82, 2.24) is 9.88 Å². The summed E-state index contributed by atoms with van der Waals surface area (Å²) < 4.78 is 0. The Morgan fingerprint density at radius 2 is 1.96 bits per heavy atom. The molecule has 0 saturated carbocycles. The Morgan fingerprint density at radius 3 is 2.52 bits per heavy atom. The SMILES string of the molecule is CN(C)c1ccc(N(CCC(=O)O)CCN2CCCCC2)cn1. The molecule has 1 aliphatic heterocycles. The number of anilines is 2. The lowest BCUT2D eigenvalue weighted by atomic mass is 10.1. The van der Waals surface area contributed by atoms with Crippen LogP contribution in [0, 0.1) is 0 Å². The van der Waals surface area contributed by atoms with Gasteiger partial charge in [0.05, 0.1) is 18.3 Å². The predicted octanol–water partition coefficient (Wildman–Crippen LogP) is 1.91. The highest BCUT2D eigenvalue weighted by Gasteiger charge is 2.14. The third kappa shape index (κ3) is 5.71. The molecular formula is C17H28N4O2. The van der Waals surface area contributed by atoms with Crippen LogP contribution in [0.15, 0.2) is 18.3 Å². The van der Waals surface area contributed by atoms with Crippen LogP contribution in [0.3, 0.4) is 0 Å². The molecule has 0 unspecified atom stereocenters. The molecule has 0 spiro atoms. The van der Waals surface area contributed by atoms with Crippen molar-refractivity contribution in [2.75, 3.05) is 56.6 Å². The molecule has 6 nitrogen and oxygen atoms in total. The number of pyridine rings is 1. The molecule has 0 bridgehead atoms. The van der Waals surface area contributed by atoms with E-state index in [2.05, 4.69) is 14.8 Å². The van der Waals surface area contributed by atoms with Crippen molar-refractivity contribution in [3.05, 3.63) is 18.3 Å². The fraction of sp³-hybridized carbons (Fsp3) is 0.647. The maximum absolute atomic E-state index is 10.9. The maximum Gasteiger partial charge on any atom is 0.305 e. The standard InChI is InChI=1S/C17H28N4O2/c1-19(2)16-7-6-15(14-18-16)21(11-8-17(22)23)13-12-20-9-4-3-5-10-20/h6-7,14H,3-5,8-13H2,1-2H3,(H,22,23). The average Bonchev–Trinajstić information content (AvgIpc) is 2.56. The Kier molecular flexibility index (Phi) is 6.65. The zero-order valence-corrected chi connectivity index (χ0v) is 14.2. The van der Waals surface area contributed by atoms with Crippen LogP contribution in [0.5, 0.6) is 0 Å². The Hall–Kier alpha value is -1.82. The van der Waals surface area contributed by atoms with Crippen molar-refractivity contribution in [3.63, 3.8) is 0 Å². The van der Waals surface area contributed by atoms with E-state index >= 15 is 0 Å². The van der Waals surface area contributed by atoms with E-state index in [1.54, 1.807) is 0 Å². The molecule has 1 fully saturated rings. The number of rotatable bonds is 8. The van der Waals surface area contributed by atoms with Gasteiger partial charge in [0.2, 0.25) is 0 Å². The summed E-state index contributed by atoms with van der Waals surface area (Å²) in [5.41, 5.74) is 0.994. The molecule has 1 aliphatic rings. The quantitative estimate of drug-likeness (QED) is 0.789. The lowest BCUT2D eigenvalue weighted by Crippen LogP contribution is -2.38. The van der Waals surface area contributed by atoms with Crippen LogP contribution < -0.4 is 9.80 Å². The first kappa shape index (κ1) is 17.5. The van der Waals surface area contributed by atoms with Crippen LogP contribution in [0.2, 0.25) is 0 Å². The Balaban J connectivity index is 1.98. The summed E-state index contributed by atoms with van der Waals surface area (Å²) in [5.74, 6) is 0.147. The van der Waals surface area contributed by atoms with Crippen molar-refractivity contribution in [2.24, 2.45) is 0 Å². The predicted molar refractivity (Wildman–Crippen MR) is 93.3 cm³/mol. The average molecular weight is 320 g/mol. The van der Waals surface area contributed by atoms with Gasteiger partial charge in [0, 0.05) is 33.7 Å². The van der Waals surface area contributed by atoms with Gasteiger partial charge < -0.3 is 19.8 Å². The fourth-order valence-corrected chi connectivity index (χ4v) is 2.88. The summed E-state index contributed by atoms with van der Waals surface area (Å²) in [5, 5.41) is 8.98. The molecule has 0 amide bonds. The molecule has 128 valence electrons. The largest absolute Gasteiger partial charge is 0.481 e. The van der Waals surface area contributed by atoms with E-state index in [1.165, 1.54) is 19.3 Å². The molecule has 0 atom stereocenters. The van der Waals surface area contributed by atoms with Crippen LogP contribution in [-0.4, -0.2) is 67.8 Å². The highest BCUT2D eigenvalue weighted by molar-refractivity contribution is 5.67. The zero-order valence-electron chi connectivity index (χ0n) is 14.2. The van der Waals surface area contributed by atoms with Gasteiger partial charge in [-0.1, -0.05) is 6.42 Å². The minimum Gasteiger partial charge on any atom is -0.481 e. The fourth-order valence-electron chi connectivity index (χ4n) is 2.88. The number of likely N-dealkylation sites (tertiary alicyclic amines) is 1. The van der Waals surface area contributed by atoms with Crippen molar-refractivity contribution in [1.29, 1.82) is 0 Å². The second-order valence-electron chi connectivity index (χ2n) is 6.30. The summed E-state index contributed by atoms with van der Waals surface area (Å²) >= 11 is 0. The van der Waals surface area contributed by atoms with Gasteiger partial charge in [0.15, 0.2) is 0 Å². The normalized spacial score (nSPS) is 15.4. The van der Waals surface area contributed by atoms with Gasteiger partial charge in [-0.05, 0) is 38.1 Å². The molecule has 1 saturated heterocycles. The topological polar surface area (TPSA) is 59.9 Å². The summed E-state index contributed by atoms with van der Waals surface area (Å²) in [6, 6.07) is 4.00. The van der Waals surface area contributed by atoms with Crippen molar-refractivity contribution in [2.45, 2.75) is 25.7 Å². The van der Waals surface area contributed by atoms with Crippen LogP contribution in [0.1, 0.15) is 25.7 Å². The van der Waals surface area contributed by atoms with Gasteiger partial charge in [-0.3, -0.25) is 4.79 Å². The third-order valence-corrected chi connectivity index (χ3v) is 4.29. The van der Waals surface area contributed by atoms with Gasteiger partial charge in [0.25, 0.3) is 0 Å². The number of aromatic nitrogens is 1. The molecule has 0 aliphatic carbocycles. The van der Waals surface area contributed by atoms with E-state index in [0.29, 0.717) is 6.54 Å². The van der Waals surface area contributed by atoms with Crippen molar-refractivity contribution in [3.8, 4) is 0 Å². The van der Waals surface area contributed by atoms with Crippen LogP contribution in [0.25, 0.3) is 0 Å². The molecule has 6 heteroatoms. The Morgan fingerprint density at radius 1 is 1.22 bits per heavy atom. The number of hydrogen-bond acceptors (Lipinski definition) is 5. The summed E-state index contributed by atoms with van der Waals surface area (Å²) in [6.45, 7) is 4.66. The second kappa shape index (κ2) is 8.72. The molecule has 23 heavy (non-hydrogen) atoms. The highest BCUT2D eigenvalue weighted by Crippen LogP contribution is 2.17. The van der Waals surface area contributed by atoms with E-state index < -0.39 is 5.97 Å². The third-order valence-electron chi connectivity index (χ3n) is 4.29. The molecule has 1 N–H and O–H groups in total. The smallest absolute Gasteiger partial charge is 0.305 e. The van der Waals surface area contributed by atoms with Crippen LogP contribution in [0.4, 0.5) is 11.5 Å². The lowest BCUT2D eigenvalue weighted by Gasteiger charge is -2.31. The summed E-state index contributed by atoms with van der Waals surface area (Å²) in [6.07, 6.45) is 5.86. The highest BCUT2D eigenvalue weighted by atomic mass is 16.4. The molecule has 0 aromatic carbocycles. The monoisotopic (exact) mass is 320 g/mol. The zero-order chi connectivity index (χ0) is 16.7. The number of carboxylic acid groups (broad SMARTS) is 1. The number of nitrogens with zero attached hydrogens (tertiary/aromatic N) is 4. The molecule has 1 aromatic rings. The second-order valence-corrected chi connectivity index (χ2v) is 6.30. The minimum absolute atomic E-state index is 0.148. The van der Waals surface area contributed by atoms with Gasteiger partial charge in [-0.25, -0.2) is 4.98 Å². The van der Waals surface area contributed by atoms with Crippen LogP contribution in [-0.2, 0) is 4.79 Å². The van der Waals surface area contributed by atoms with Gasteiger partial charge in [-0.15, -0.1) is 0 Å². The first-order valence-electron chi connectivity index (χ1n) is 8.39. The number of aliphatic carboxylic acids is 1. The number of carbonyl (C=O) groups is 1. The minimum atomic E-state index is -0.758. The van der Waals surface area contributed by atoms with E-state index in [1.807, 2.05) is 37.3 Å².